The van der Waals surface area contributed by atoms with Crippen LogP contribution >= 0.6 is 11.6 Å². The smallest absolute Gasteiger partial charge is 0.188 e. The van der Waals surface area contributed by atoms with Gasteiger partial charge in [0.05, 0.1) is 6.61 Å². The molecule has 0 aliphatic heterocycles. The number of fused-ring (bicyclic) bond motifs is 1. The summed E-state index contributed by atoms with van der Waals surface area (Å²) < 4.78 is 5.04. The first-order valence-electron chi connectivity index (χ1n) is 6.91. The van der Waals surface area contributed by atoms with Crippen LogP contribution in [0.3, 0.4) is 0 Å². The lowest BCUT2D eigenvalue weighted by atomic mass is 10.1. The second-order valence-electron chi connectivity index (χ2n) is 5.02. The van der Waals surface area contributed by atoms with Crippen molar-refractivity contribution in [2.45, 2.75) is 19.4 Å². The Bertz CT molecular complexity index is 623. The van der Waals surface area contributed by atoms with E-state index in [9.17, 15) is 0 Å². The number of aromatic nitrogens is 1. The fourth-order valence-corrected chi connectivity index (χ4v) is 2.42. The Balaban J connectivity index is 1.94. The van der Waals surface area contributed by atoms with E-state index < -0.39 is 0 Å². The molecule has 1 unspecified atom stereocenters. The Morgan fingerprint density at radius 1 is 1.52 bits per heavy atom. The summed E-state index contributed by atoms with van der Waals surface area (Å²) in [5.74, 6) is 0.442. The van der Waals surface area contributed by atoms with E-state index in [1.165, 1.54) is 5.56 Å². The van der Waals surface area contributed by atoms with Crippen molar-refractivity contribution in [3.8, 4) is 0 Å². The molecule has 0 aliphatic rings. The van der Waals surface area contributed by atoms with E-state index in [0.717, 1.165) is 22.3 Å². The Labute approximate surface area is 129 Å². The van der Waals surface area contributed by atoms with Gasteiger partial charge in [-0.3, -0.25) is 4.99 Å². The first-order valence-corrected chi connectivity index (χ1v) is 7.29. The molecule has 6 heteroatoms. The van der Waals surface area contributed by atoms with Gasteiger partial charge in [-0.15, -0.1) is 0 Å². The normalized spacial score (nSPS) is 13.6. The molecule has 0 fully saturated rings. The lowest BCUT2D eigenvalue weighted by Gasteiger charge is -2.12. The van der Waals surface area contributed by atoms with Crippen molar-refractivity contribution < 1.29 is 4.74 Å². The van der Waals surface area contributed by atoms with Crippen LogP contribution in [0.1, 0.15) is 12.5 Å². The van der Waals surface area contributed by atoms with Crippen molar-refractivity contribution in [3.05, 3.63) is 35.0 Å². The van der Waals surface area contributed by atoms with Crippen molar-refractivity contribution in [3.63, 3.8) is 0 Å². The molecule has 1 aromatic carbocycles. The van der Waals surface area contributed by atoms with Gasteiger partial charge in [-0.25, -0.2) is 0 Å². The van der Waals surface area contributed by atoms with E-state index in [-0.39, 0.29) is 6.04 Å². The molecule has 2 rings (SSSR count). The van der Waals surface area contributed by atoms with E-state index in [4.69, 9.17) is 22.1 Å². The van der Waals surface area contributed by atoms with Crippen LogP contribution in [0.5, 0.6) is 0 Å². The van der Waals surface area contributed by atoms with Crippen LogP contribution in [-0.2, 0) is 11.2 Å². The number of nitrogens with zero attached hydrogens (tertiary/aromatic N) is 1. The first-order chi connectivity index (χ1) is 10.1. The van der Waals surface area contributed by atoms with E-state index in [0.29, 0.717) is 19.1 Å². The highest BCUT2D eigenvalue weighted by atomic mass is 35.5. The molecule has 0 saturated heterocycles. The third-order valence-electron chi connectivity index (χ3n) is 3.20. The zero-order chi connectivity index (χ0) is 15.2. The van der Waals surface area contributed by atoms with Crippen LogP contribution in [0.15, 0.2) is 29.4 Å². The molecule has 0 bridgehead atoms. The van der Waals surface area contributed by atoms with Gasteiger partial charge in [0.1, 0.15) is 0 Å². The predicted molar refractivity (Wildman–Crippen MR) is 88.0 cm³/mol. The first kappa shape index (κ1) is 15.7. The van der Waals surface area contributed by atoms with E-state index in [1.807, 2.05) is 31.3 Å². The largest absolute Gasteiger partial charge is 0.383 e. The predicted octanol–water partition coefficient (Wildman–Crippen LogP) is 2.30. The maximum absolute atomic E-state index is 6.04. The van der Waals surface area contributed by atoms with E-state index in [2.05, 4.69) is 15.3 Å². The van der Waals surface area contributed by atoms with Gasteiger partial charge in [-0.2, -0.15) is 0 Å². The van der Waals surface area contributed by atoms with E-state index in [1.54, 1.807) is 7.11 Å². The SMILES string of the molecule is COCC(C)NC(N)=NCCc1c[nH]c2ccc(Cl)cc12. The number of aliphatic imine (C=N–C) groups is 1. The molecule has 114 valence electrons. The third kappa shape index (κ3) is 4.37. The lowest BCUT2D eigenvalue weighted by molar-refractivity contribution is 0.179. The second kappa shape index (κ2) is 7.33. The molecule has 0 aliphatic carbocycles. The molecule has 4 N–H and O–H groups in total. The van der Waals surface area contributed by atoms with Gasteiger partial charge >= 0.3 is 0 Å². The lowest BCUT2D eigenvalue weighted by Crippen LogP contribution is -2.40. The van der Waals surface area contributed by atoms with Crippen LogP contribution < -0.4 is 11.1 Å². The van der Waals surface area contributed by atoms with Crippen molar-refractivity contribution in [2.24, 2.45) is 10.7 Å². The van der Waals surface area contributed by atoms with Gasteiger partial charge in [0.25, 0.3) is 0 Å². The molecule has 1 aromatic heterocycles. The Morgan fingerprint density at radius 3 is 3.10 bits per heavy atom. The van der Waals surface area contributed by atoms with Crippen molar-refractivity contribution in [1.82, 2.24) is 10.3 Å². The van der Waals surface area contributed by atoms with Crippen LogP contribution in [0, 0.1) is 0 Å². The molecule has 0 amide bonds. The molecule has 1 heterocycles. The molecule has 2 aromatic rings. The van der Waals surface area contributed by atoms with Crippen LogP contribution in [0.25, 0.3) is 10.9 Å². The number of ether oxygens (including phenoxy) is 1. The average molecular weight is 309 g/mol. The Hall–Kier alpha value is -1.72. The molecule has 1 atom stereocenters. The summed E-state index contributed by atoms with van der Waals surface area (Å²) in [5, 5.41) is 4.95. The summed E-state index contributed by atoms with van der Waals surface area (Å²) in [6.07, 6.45) is 2.80. The number of aromatic amines is 1. The van der Waals surface area contributed by atoms with Gasteiger partial charge in [0.15, 0.2) is 5.96 Å². The molecule has 0 saturated carbocycles. The zero-order valence-electron chi connectivity index (χ0n) is 12.3. The maximum atomic E-state index is 6.04. The van der Waals surface area contributed by atoms with Gasteiger partial charge in [-0.1, -0.05) is 11.6 Å². The molecule has 0 radical (unpaired) electrons. The number of H-pyrrole nitrogens is 1. The van der Waals surface area contributed by atoms with Crippen LogP contribution in [0.2, 0.25) is 5.02 Å². The molecular weight excluding hydrogens is 288 g/mol. The number of rotatable bonds is 6. The average Bonchev–Trinajstić information content (AvgIpc) is 2.81. The Morgan fingerprint density at radius 2 is 2.33 bits per heavy atom. The molecule has 5 nitrogen and oxygen atoms in total. The summed E-state index contributed by atoms with van der Waals surface area (Å²) in [6.45, 7) is 3.21. The summed E-state index contributed by atoms with van der Waals surface area (Å²) in [6, 6.07) is 5.97. The highest BCUT2D eigenvalue weighted by Gasteiger charge is 2.05. The summed E-state index contributed by atoms with van der Waals surface area (Å²) in [7, 11) is 1.66. The topological polar surface area (TPSA) is 75.4 Å². The summed E-state index contributed by atoms with van der Waals surface area (Å²) in [4.78, 5) is 7.56. The molecule has 0 spiro atoms. The minimum Gasteiger partial charge on any atom is -0.383 e. The van der Waals surface area contributed by atoms with Gasteiger partial charge < -0.3 is 20.8 Å². The number of hydrogen-bond acceptors (Lipinski definition) is 2. The van der Waals surface area contributed by atoms with E-state index >= 15 is 0 Å². The molecular formula is C15H21ClN4O. The fourth-order valence-electron chi connectivity index (χ4n) is 2.24. The van der Waals surface area contributed by atoms with Crippen molar-refractivity contribution >= 4 is 28.5 Å². The summed E-state index contributed by atoms with van der Waals surface area (Å²) in [5.41, 5.74) is 8.11. The fraction of sp³-hybridized carbons (Fsp3) is 0.400. The highest BCUT2D eigenvalue weighted by molar-refractivity contribution is 6.31. The van der Waals surface area contributed by atoms with Gasteiger partial charge in [-0.05, 0) is 37.1 Å². The monoisotopic (exact) mass is 308 g/mol. The zero-order valence-corrected chi connectivity index (χ0v) is 13.1. The number of nitrogens with two attached hydrogens (primary N) is 1. The second-order valence-corrected chi connectivity index (χ2v) is 5.46. The van der Waals surface area contributed by atoms with Gasteiger partial charge in [0.2, 0.25) is 0 Å². The minimum atomic E-state index is 0.144. The van der Waals surface area contributed by atoms with Gasteiger partial charge in [0, 0.05) is 41.8 Å². The number of nitrogens with one attached hydrogen (secondary N) is 2. The van der Waals surface area contributed by atoms with Crippen molar-refractivity contribution in [2.75, 3.05) is 20.3 Å². The standard InChI is InChI=1S/C15H21ClN4O/c1-10(9-21-2)20-15(17)18-6-5-11-8-19-14-4-3-12(16)7-13(11)14/h3-4,7-8,10,19H,5-6,9H2,1-2H3,(H3,17,18,20). The number of hydrogen-bond donors (Lipinski definition) is 3. The number of halogens is 1. The molecule has 21 heavy (non-hydrogen) atoms. The number of methoxy groups -OCH3 is 1. The minimum absolute atomic E-state index is 0.144. The van der Waals surface area contributed by atoms with Crippen molar-refractivity contribution in [1.29, 1.82) is 0 Å². The number of guanidine groups is 1. The van der Waals surface area contributed by atoms with Crippen LogP contribution in [-0.4, -0.2) is 37.2 Å². The Kier molecular flexibility index (Phi) is 5.47. The highest BCUT2D eigenvalue weighted by Crippen LogP contribution is 2.22. The number of benzene rings is 1. The summed E-state index contributed by atoms with van der Waals surface area (Å²) >= 11 is 6.04. The third-order valence-corrected chi connectivity index (χ3v) is 3.44. The van der Waals surface area contributed by atoms with Crippen LogP contribution in [0.4, 0.5) is 0 Å². The quantitative estimate of drug-likeness (QED) is 0.566. The maximum Gasteiger partial charge on any atom is 0.188 e.